The maximum absolute atomic E-state index is 12.6. The molecule has 3 rings (SSSR count). The van der Waals surface area contributed by atoms with Crippen molar-refractivity contribution in [2.24, 2.45) is 0 Å². The maximum Gasteiger partial charge on any atom is 0.412 e. The van der Waals surface area contributed by atoms with Crippen LogP contribution in [0.3, 0.4) is 0 Å². The van der Waals surface area contributed by atoms with Gasteiger partial charge < -0.3 is 5.32 Å². The molecule has 0 bridgehead atoms. The van der Waals surface area contributed by atoms with Gasteiger partial charge in [-0.25, -0.2) is 0 Å². The summed E-state index contributed by atoms with van der Waals surface area (Å²) in [4.78, 5) is 16.5. The van der Waals surface area contributed by atoms with Crippen LogP contribution in [-0.4, -0.2) is 17.1 Å². The highest BCUT2D eigenvalue weighted by Crippen LogP contribution is 2.27. The molecule has 1 heterocycles. The number of allylic oxidation sites excluding steroid dienone is 1. The fourth-order valence-electron chi connectivity index (χ4n) is 2.49. The van der Waals surface area contributed by atoms with Gasteiger partial charge in [-0.1, -0.05) is 24.3 Å². The SMILES string of the molecule is C/C(=C\c1ccc(C(=O)Nc2cccc3cnccc23)cc1)C(F)(F)F. The average Bonchev–Trinajstić information content (AvgIpc) is 2.62. The number of rotatable bonds is 3. The van der Waals surface area contributed by atoms with Crippen molar-refractivity contribution in [2.45, 2.75) is 13.1 Å². The Morgan fingerprint density at radius 2 is 1.81 bits per heavy atom. The molecular formula is C20H15F3N2O. The molecular weight excluding hydrogens is 341 g/mol. The molecule has 0 fully saturated rings. The molecule has 0 aliphatic carbocycles. The molecule has 3 aromatic rings. The molecule has 0 saturated carbocycles. The summed E-state index contributed by atoms with van der Waals surface area (Å²) in [6.07, 6.45) is 0.0237. The molecule has 0 aliphatic rings. The number of halogens is 3. The number of alkyl halides is 3. The second-order valence-corrected chi connectivity index (χ2v) is 5.80. The number of pyridine rings is 1. The van der Waals surface area contributed by atoms with Crippen LogP contribution in [0.25, 0.3) is 16.8 Å². The van der Waals surface area contributed by atoms with Crippen LogP contribution in [-0.2, 0) is 0 Å². The zero-order valence-electron chi connectivity index (χ0n) is 13.8. The van der Waals surface area contributed by atoms with E-state index < -0.39 is 11.7 Å². The van der Waals surface area contributed by atoms with E-state index in [0.29, 0.717) is 16.8 Å². The lowest BCUT2D eigenvalue weighted by molar-refractivity contribution is -0.0903. The lowest BCUT2D eigenvalue weighted by Crippen LogP contribution is -2.12. The molecule has 26 heavy (non-hydrogen) atoms. The third-order valence-electron chi connectivity index (χ3n) is 3.93. The van der Waals surface area contributed by atoms with E-state index >= 15 is 0 Å². The number of hydrogen-bond acceptors (Lipinski definition) is 2. The number of amides is 1. The molecule has 1 N–H and O–H groups in total. The molecule has 132 valence electrons. The van der Waals surface area contributed by atoms with Crippen LogP contribution in [0.15, 0.2) is 66.5 Å². The second kappa shape index (κ2) is 7.00. The average molecular weight is 356 g/mol. The quantitative estimate of drug-likeness (QED) is 0.678. The summed E-state index contributed by atoms with van der Waals surface area (Å²) in [5.41, 5.74) is 0.691. The first-order valence-corrected chi connectivity index (χ1v) is 7.84. The van der Waals surface area contributed by atoms with Crippen LogP contribution in [0.2, 0.25) is 0 Å². The molecule has 6 heteroatoms. The summed E-state index contributed by atoms with van der Waals surface area (Å²) in [7, 11) is 0. The number of carbonyl (C=O) groups is 1. The molecule has 0 saturated heterocycles. The Labute approximate surface area is 148 Å². The van der Waals surface area contributed by atoms with Gasteiger partial charge in [-0.15, -0.1) is 0 Å². The van der Waals surface area contributed by atoms with E-state index in [2.05, 4.69) is 10.3 Å². The van der Waals surface area contributed by atoms with Crippen LogP contribution in [0.1, 0.15) is 22.8 Å². The molecule has 3 nitrogen and oxygen atoms in total. The summed E-state index contributed by atoms with van der Waals surface area (Å²) in [5, 5.41) is 4.58. The summed E-state index contributed by atoms with van der Waals surface area (Å²) < 4.78 is 37.7. The van der Waals surface area contributed by atoms with Crippen molar-refractivity contribution in [2.75, 3.05) is 5.32 Å². The summed E-state index contributed by atoms with van der Waals surface area (Å²) in [6.45, 7) is 1.01. The number of carbonyl (C=O) groups excluding carboxylic acids is 1. The van der Waals surface area contributed by atoms with Gasteiger partial charge >= 0.3 is 6.18 Å². The fourth-order valence-corrected chi connectivity index (χ4v) is 2.49. The largest absolute Gasteiger partial charge is 0.412 e. The summed E-state index contributed by atoms with van der Waals surface area (Å²) in [6, 6.07) is 13.3. The maximum atomic E-state index is 12.6. The first-order chi connectivity index (χ1) is 12.3. The van der Waals surface area contributed by atoms with Crippen LogP contribution < -0.4 is 5.32 Å². The van der Waals surface area contributed by atoms with E-state index in [1.165, 1.54) is 24.3 Å². The Hall–Kier alpha value is -3.15. The van der Waals surface area contributed by atoms with Crippen molar-refractivity contribution in [3.63, 3.8) is 0 Å². The Morgan fingerprint density at radius 3 is 2.50 bits per heavy atom. The highest BCUT2D eigenvalue weighted by molar-refractivity contribution is 6.09. The van der Waals surface area contributed by atoms with Gasteiger partial charge in [-0.05, 0) is 42.8 Å². The highest BCUT2D eigenvalue weighted by atomic mass is 19.4. The van der Waals surface area contributed by atoms with Gasteiger partial charge in [-0.2, -0.15) is 13.2 Å². The molecule has 0 radical (unpaired) electrons. The fraction of sp³-hybridized carbons (Fsp3) is 0.100. The molecule has 0 atom stereocenters. The zero-order valence-corrected chi connectivity index (χ0v) is 13.8. The number of fused-ring (bicyclic) bond motifs is 1. The molecule has 0 unspecified atom stereocenters. The van der Waals surface area contributed by atoms with Crippen molar-refractivity contribution < 1.29 is 18.0 Å². The first-order valence-electron chi connectivity index (χ1n) is 7.84. The normalized spacial score (nSPS) is 12.2. The molecule has 0 aliphatic heterocycles. The topological polar surface area (TPSA) is 42.0 Å². The van der Waals surface area contributed by atoms with E-state index in [4.69, 9.17) is 0 Å². The third kappa shape index (κ3) is 3.91. The standard InChI is InChI=1S/C20H15F3N2O/c1-13(20(21,22)23)11-14-5-7-15(8-6-14)19(26)25-18-4-2-3-16-12-24-10-9-17(16)18/h2-12H,1H3,(H,25,26)/b13-11+. The van der Waals surface area contributed by atoms with E-state index in [0.717, 1.165) is 23.8 Å². The van der Waals surface area contributed by atoms with E-state index in [-0.39, 0.29) is 5.91 Å². The number of nitrogens with zero attached hydrogens (tertiary/aromatic N) is 1. The molecule has 1 amide bonds. The lowest BCUT2D eigenvalue weighted by Gasteiger charge is -2.09. The minimum absolute atomic E-state index is 0.336. The van der Waals surface area contributed by atoms with Gasteiger partial charge in [0, 0.05) is 40.0 Å². The number of nitrogens with one attached hydrogen (secondary N) is 1. The van der Waals surface area contributed by atoms with E-state index in [1.807, 2.05) is 12.1 Å². The van der Waals surface area contributed by atoms with Gasteiger partial charge in [0.05, 0.1) is 0 Å². The van der Waals surface area contributed by atoms with Gasteiger partial charge in [0.15, 0.2) is 0 Å². The molecule has 2 aromatic carbocycles. The van der Waals surface area contributed by atoms with Crippen molar-refractivity contribution in [3.05, 3.63) is 77.6 Å². The predicted octanol–water partition coefficient (Wildman–Crippen LogP) is 5.45. The number of anilines is 1. The number of aromatic nitrogens is 1. The highest BCUT2D eigenvalue weighted by Gasteiger charge is 2.29. The van der Waals surface area contributed by atoms with Gasteiger partial charge in [0.1, 0.15) is 0 Å². The Kier molecular flexibility index (Phi) is 4.75. The number of hydrogen-bond donors (Lipinski definition) is 1. The van der Waals surface area contributed by atoms with Crippen molar-refractivity contribution >= 4 is 28.4 Å². The van der Waals surface area contributed by atoms with Crippen molar-refractivity contribution in [1.82, 2.24) is 4.98 Å². The smallest absolute Gasteiger partial charge is 0.321 e. The molecule has 1 aromatic heterocycles. The zero-order chi connectivity index (χ0) is 18.7. The van der Waals surface area contributed by atoms with Gasteiger partial charge in [0.2, 0.25) is 0 Å². The van der Waals surface area contributed by atoms with Crippen LogP contribution >= 0.6 is 0 Å². The van der Waals surface area contributed by atoms with Gasteiger partial charge in [0.25, 0.3) is 5.91 Å². The lowest BCUT2D eigenvalue weighted by atomic mass is 10.1. The van der Waals surface area contributed by atoms with E-state index in [9.17, 15) is 18.0 Å². The third-order valence-corrected chi connectivity index (χ3v) is 3.93. The van der Waals surface area contributed by atoms with Crippen LogP contribution in [0.5, 0.6) is 0 Å². The minimum Gasteiger partial charge on any atom is -0.321 e. The van der Waals surface area contributed by atoms with Crippen LogP contribution in [0.4, 0.5) is 18.9 Å². The Bertz CT molecular complexity index is 971. The van der Waals surface area contributed by atoms with Crippen molar-refractivity contribution in [3.8, 4) is 0 Å². The van der Waals surface area contributed by atoms with E-state index in [1.54, 1.807) is 24.5 Å². The van der Waals surface area contributed by atoms with Crippen molar-refractivity contribution in [1.29, 1.82) is 0 Å². The Balaban J connectivity index is 1.80. The Morgan fingerprint density at radius 1 is 1.08 bits per heavy atom. The minimum atomic E-state index is -4.36. The monoisotopic (exact) mass is 356 g/mol. The van der Waals surface area contributed by atoms with Gasteiger partial charge in [-0.3, -0.25) is 9.78 Å². The predicted molar refractivity (Wildman–Crippen MR) is 95.8 cm³/mol. The number of benzene rings is 2. The second-order valence-electron chi connectivity index (χ2n) is 5.80. The van der Waals surface area contributed by atoms with Crippen LogP contribution in [0, 0.1) is 0 Å². The summed E-state index contributed by atoms with van der Waals surface area (Å²) >= 11 is 0. The summed E-state index contributed by atoms with van der Waals surface area (Å²) in [5.74, 6) is -0.336. The molecule has 0 spiro atoms. The first kappa shape index (κ1) is 17.7.